The lowest BCUT2D eigenvalue weighted by Crippen LogP contribution is -2.12. The van der Waals surface area contributed by atoms with E-state index in [0.717, 1.165) is 10.2 Å². The first-order valence-electron chi connectivity index (χ1n) is 5.82. The molecule has 5 heteroatoms. The lowest BCUT2D eigenvalue weighted by Gasteiger charge is -2.06. The summed E-state index contributed by atoms with van der Waals surface area (Å²) in [5.74, 6) is -0.195. The van der Waals surface area contributed by atoms with E-state index in [1.807, 2.05) is 24.3 Å². The predicted molar refractivity (Wildman–Crippen MR) is 77.1 cm³/mol. The number of anilines is 1. The molecule has 1 amide bonds. The molecular weight excluding hydrogens is 308 g/mol. The van der Waals surface area contributed by atoms with Crippen molar-refractivity contribution in [3.05, 3.63) is 58.3 Å². The molecule has 0 unspecified atom stereocenters. The second-order valence-corrected chi connectivity index (χ2v) is 4.89. The van der Waals surface area contributed by atoms with E-state index in [0.29, 0.717) is 17.7 Å². The van der Waals surface area contributed by atoms with E-state index in [1.54, 1.807) is 18.3 Å². The molecule has 0 atom stereocenters. The fourth-order valence-corrected chi connectivity index (χ4v) is 2.04. The Morgan fingerprint density at radius 1 is 1.32 bits per heavy atom. The number of aliphatic hydroxyl groups is 1. The highest BCUT2D eigenvalue weighted by molar-refractivity contribution is 9.10. The van der Waals surface area contributed by atoms with Crippen LogP contribution in [0.1, 0.15) is 16.1 Å². The van der Waals surface area contributed by atoms with Crippen LogP contribution in [0.4, 0.5) is 5.69 Å². The number of pyridine rings is 1. The van der Waals surface area contributed by atoms with Gasteiger partial charge in [-0.1, -0.05) is 22.0 Å². The maximum atomic E-state index is 12.1. The maximum Gasteiger partial charge on any atom is 0.255 e. The van der Waals surface area contributed by atoms with Crippen LogP contribution in [0.25, 0.3) is 0 Å². The first kappa shape index (κ1) is 13.7. The van der Waals surface area contributed by atoms with Gasteiger partial charge in [0, 0.05) is 40.6 Å². The summed E-state index contributed by atoms with van der Waals surface area (Å²) in [5.41, 5.74) is 1.95. The summed E-state index contributed by atoms with van der Waals surface area (Å²) in [6.07, 6.45) is 2.01. The Hall–Kier alpha value is -1.72. The molecule has 1 heterocycles. The van der Waals surface area contributed by atoms with Gasteiger partial charge in [-0.3, -0.25) is 9.78 Å². The van der Waals surface area contributed by atoms with E-state index >= 15 is 0 Å². The maximum absolute atomic E-state index is 12.1. The van der Waals surface area contributed by atoms with E-state index in [1.165, 1.54) is 0 Å². The van der Waals surface area contributed by atoms with E-state index in [2.05, 4.69) is 26.2 Å². The van der Waals surface area contributed by atoms with Crippen molar-refractivity contribution < 1.29 is 9.90 Å². The summed E-state index contributed by atoms with van der Waals surface area (Å²) in [6.45, 7) is 0.0176. The van der Waals surface area contributed by atoms with Crippen molar-refractivity contribution >= 4 is 27.5 Å². The van der Waals surface area contributed by atoms with Crippen LogP contribution in [0.5, 0.6) is 0 Å². The van der Waals surface area contributed by atoms with E-state index in [9.17, 15) is 4.79 Å². The number of aliphatic hydroxyl groups excluding tert-OH is 1. The number of hydrogen-bond acceptors (Lipinski definition) is 3. The van der Waals surface area contributed by atoms with Gasteiger partial charge in [0.05, 0.1) is 0 Å². The zero-order valence-electron chi connectivity index (χ0n) is 10.1. The topological polar surface area (TPSA) is 62.2 Å². The average Bonchev–Trinajstić information content (AvgIpc) is 2.39. The number of halogens is 1. The Balaban J connectivity index is 2.13. The molecule has 2 aromatic rings. The van der Waals surface area contributed by atoms with E-state index in [-0.39, 0.29) is 12.5 Å². The first-order chi connectivity index (χ1) is 9.19. The van der Waals surface area contributed by atoms with Crippen molar-refractivity contribution in [1.82, 2.24) is 4.98 Å². The molecule has 98 valence electrons. The molecule has 0 saturated carbocycles. The first-order valence-corrected chi connectivity index (χ1v) is 6.61. The molecule has 1 aromatic carbocycles. The molecule has 19 heavy (non-hydrogen) atoms. The molecule has 0 aliphatic carbocycles. The quantitative estimate of drug-likeness (QED) is 0.910. The Morgan fingerprint density at radius 2 is 2.16 bits per heavy atom. The second kappa shape index (κ2) is 6.45. The Labute approximate surface area is 119 Å². The van der Waals surface area contributed by atoms with E-state index < -0.39 is 0 Å². The largest absolute Gasteiger partial charge is 0.396 e. The van der Waals surface area contributed by atoms with Crippen LogP contribution in [0.2, 0.25) is 0 Å². The zero-order chi connectivity index (χ0) is 13.7. The highest BCUT2D eigenvalue weighted by Crippen LogP contribution is 2.16. The SMILES string of the molecule is O=C(Nc1cccc(Br)c1)c1ccnc(CCO)c1. The molecule has 0 radical (unpaired) electrons. The minimum absolute atomic E-state index is 0.0176. The second-order valence-electron chi connectivity index (χ2n) is 3.97. The van der Waals surface area contributed by atoms with Crippen LogP contribution >= 0.6 is 15.9 Å². The number of benzene rings is 1. The number of rotatable bonds is 4. The number of nitrogens with zero attached hydrogens (tertiary/aromatic N) is 1. The van der Waals surface area contributed by atoms with Gasteiger partial charge in [-0.25, -0.2) is 0 Å². The third-order valence-corrected chi connectivity index (χ3v) is 3.02. The Kier molecular flexibility index (Phi) is 4.65. The fourth-order valence-electron chi connectivity index (χ4n) is 1.64. The fraction of sp³-hybridized carbons (Fsp3) is 0.143. The van der Waals surface area contributed by atoms with Crippen LogP contribution in [-0.4, -0.2) is 22.6 Å². The number of carbonyl (C=O) groups is 1. The monoisotopic (exact) mass is 320 g/mol. The summed E-state index contributed by atoms with van der Waals surface area (Å²) in [5, 5.41) is 11.7. The zero-order valence-corrected chi connectivity index (χ0v) is 11.7. The average molecular weight is 321 g/mol. The summed E-state index contributed by atoms with van der Waals surface area (Å²) in [7, 11) is 0. The Morgan fingerprint density at radius 3 is 2.89 bits per heavy atom. The van der Waals surface area contributed by atoms with Gasteiger partial charge >= 0.3 is 0 Å². The van der Waals surface area contributed by atoms with Crippen molar-refractivity contribution in [3.63, 3.8) is 0 Å². The standard InChI is InChI=1S/C14H13BrN2O2/c15-11-2-1-3-13(9-11)17-14(19)10-4-6-16-12(8-10)5-7-18/h1-4,6,8-9,18H,5,7H2,(H,17,19). The number of carbonyl (C=O) groups excluding carboxylic acids is 1. The predicted octanol–water partition coefficient (Wildman–Crippen LogP) is 2.63. The number of aromatic nitrogens is 1. The number of hydrogen-bond donors (Lipinski definition) is 2. The van der Waals surface area contributed by atoms with Crippen LogP contribution < -0.4 is 5.32 Å². The van der Waals surface area contributed by atoms with Crippen molar-refractivity contribution in [2.24, 2.45) is 0 Å². The van der Waals surface area contributed by atoms with Crippen molar-refractivity contribution in [2.45, 2.75) is 6.42 Å². The summed E-state index contributed by atoms with van der Waals surface area (Å²) < 4.78 is 0.904. The van der Waals surface area contributed by atoms with Gasteiger partial charge in [0.2, 0.25) is 0 Å². The molecule has 2 N–H and O–H groups in total. The van der Waals surface area contributed by atoms with Gasteiger partial charge in [-0.05, 0) is 30.3 Å². The van der Waals surface area contributed by atoms with Gasteiger partial charge in [-0.15, -0.1) is 0 Å². The highest BCUT2D eigenvalue weighted by atomic mass is 79.9. The van der Waals surface area contributed by atoms with Crippen LogP contribution in [0.3, 0.4) is 0 Å². The third-order valence-electron chi connectivity index (χ3n) is 2.53. The lowest BCUT2D eigenvalue weighted by atomic mass is 10.2. The van der Waals surface area contributed by atoms with Gasteiger partial charge in [-0.2, -0.15) is 0 Å². The minimum Gasteiger partial charge on any atom is -0.396 e. The summed E-state index contributed by atoms with van der Waals surface area (Å²) in [6, 6.07) is 10.7. The van der Waals surface area contributed by atoms with Crippen LogP contribution in [0, 0.1) is 0 Å². The highest BCUT2D eigenvalue weighted by Gasteiger charge is 2.07. The molecule has 2 rings (SSSR count). The van der Waals surface area contributed by atoms with Crippen LogP contribution in [0.15, 0.2) is 47.1 Å². The number of nitrogens with one attached hydrogen (secondary N) is 1. The molecule has 0 aliphatic rings. The van der Waals surface area contributed by atoms with Gasteiger partial charge in [0.15, 0.2) is 0 Å². The van der Waals surface area contributed by atoms with E-state index in [4.69, 9.17) is 5.11 Å². The summed E-state index contributed by atoms with van der Waals surface area (Å²) >= 11 is 3.35. The minimum atomic E-state index is -0.195. The third kappa shape index (κ3) is 3.87. The molecule has 4 nitrogen and oxygen atoms in total. The normalized spacial score (nSPS) is 10.2. The van der Waals surface area contributed by atoms with Crippen molar-refractivity contribution in [1.29, 1.82) is 0 Å². The van der Waals surface area contributed by atoms with Gasteiger partial charge in [0.1, 0.15) is 0 Å². The molecule has 1 aromatic heterocycles. The molecular formula is C14H13BrN2O2. The molecule has 0 aliphatic heterocycles. The molecule has 0 saturated heterocycles. The lowest BCUT2D eigenvalue weighted by molar-refractivity contribution is 0.102. The molecule has 0 fully saturated rings. The van der Waals surface area contributed by atoms with Crippen LogP contribution in [-0.2, 0) is 6.42 Å². The summed E-state index contributed by atoms with van der Waals surface area (Å²) in [4.78, 5) is 16.2. The van der Waals surface area contributed by atoms with Gasteiger partial charge < -0.3 is 10.4 Å². The smallest absolute Gasteiger partial charge is 0.255 e. The Bertz CT molecular complexity index is 587. The number of amides is 1. The molecule has 0 bridgehead atoms. The van der Waals surface area contributed by atoms with Crippen molar-refractivity contribution in [2.75, 3.05) is 11.9 Å². The van der Waals surface area contributed by atoms with Crippen molar-refractivity contribution in [3.8, 4) is 0 Å². The van der Waals surface area contributed by atoms with Gasteiger partial charge in [0.25, 0.3) is 5.91 Å². The molecule has 0 spiro atoms.